The number of ether oxygens (including phenoxy) is 1. The molecule has 2 amide bonds. The number of carbonyl (C=O) groups is 2. The van der Waals surface area contributed by atoms with Crippen molar-refractivity contribution in [3.05, 3.63) is 74.9 Å². The second-order valence-corrected chi connectivity index (χ2v) is 15.7. The van der Waals surface area contributed by atoms with Gasteiger partial charge in [0.15, 0.2) is 0 Å². The number of amides is 2. The largest absolute Gasteiger partial charge is 0.383 e. The molecule has 1 aliphatic heterocycles. The third-order valence-corrected chi connectivity index (χ3v) is 9.48. The number of rotatable bonds is 7. The third kappa shape index (κ3) is 5.64. The van der Waals surface area contributed by atoms with Gasteiger partial charge in [-0.05, 0) is 18.2 Å². The van der Waals surface area contributed by atoms with Crippen molar-refractivity contribution in [2.75, 3.05) is 13.7 Å². The summed E-state index contributed by atoms with van der Waals surface area (Å²) >= 11 is 0. The molecule has 1 aliphatic carbocycles. The van der Waals surface area contributed by atoms with Gasteiger partial charge in [0.25, 0.3) is 11.5 Å². The highest BCUT2D eigenvalue weighted by molar-refractivity contribution is 6.79. The van der Waals surface area contributed by atoms with Gasteiger partial charge in [-0.3, -0.25) is 19.4 Å². The second kappa shape index (κ2) is 10.2. The number of nitrogens with one attached hydrogen (secondary N) is 2. The Labute approximate surface area is 213 Å². The molecule has 198 valence electrons. The molecule has 0 spiro atoms. The van der Waals surface area contributed by atoms with Crippen molar-refractivity contribution in [3.63, 3.8) is 0 Å². The minimum absolute atomic E-state index is 0.0128. The van der Waals surface area contributed by atoms with E-state index in [1.165, 1.54) is 17.0 Å². The number of methoxy groups -OCH3 is 1. The first-order valence-corrected chi connectivity index (χ1v) is 15.4. The average Bonchev–Trinajstić information content (AvgIpc) is 3.21. The average molecular weight is 533 g/mol. The second-order valence-electron chi connectivity index (χ2n) is 10.3. The van der Waals surface area contributed by atoms with Crippen molar-refractivity contribution in [3.8, 4) is 0 Å². The SMILES string of the molecule is COCc1ccc2c(n1)CCN(C(=O)Cc1cc(=O)[nH]o1)[C@H]2C(=O)NC1=CC(F)([Si](C)(C)C)CC(F)=C1. The van der Waals surface area contributed by atoms with Crippen LogP contribution in [0.15, 0.2) is 51.2 Å². The van der Waals surface area contributed by atoms with Crippen LogP contribution in [0.3, 0.4) is 0 Å². The fraction of sp³-hybridized carbons (Fsp3) is 0.440. The van der Waals surface area contributed by atoms with Crippen LogP contribution in [-0.4, -0.2) is 53.9 Å². The van der Waals surface area contributed by atoms with E-state index in [-0.39, 0.29) is 37.5 Å². The standard InChI is InChI=1S/C25H30F2N4O5Si/c1-35-14-16-5-6-19-20(28-16)7-8-31(22(33)11-18-10-21(32)30-36-18)23(19)24(34)29-17-9-15(26)12-25(27,13-17)37(2,3)4/h5-6,9-10,13,23H,7-8,11-12,14H2,1-4H3,(H,29,34)(H,30,32)/t23-,25?/m1/s1. The molecule has 12 heteroatoms. The number of H-pyrrole nitrogens is 1. The molecule has 2 aromatic heterocycles. The first-order valence-electron chi connectivity index (χ1n) is 11.9. The molecule has 2 aromatic rings. The molecular weight excluding hydrogens is 502 g/mol. The van der Waals surface area contributed by atoms with E-state index in [1.54, 1.807) is 38.9 Å². The Balaban J connectivity index is 1.68. The molecule has 37 heavy (non-hydrogen) atoms. The molecule has 1 unspecified atom stereocenters. The summed E-state index contributed by atoms with van der Waals surface area (Å²) in [5.41, 5.74) is 1.34. The number of allylic oxidation sites excluding steroid dienone is 3. The highest BCUT2D eigenvalue weighted by Crippen LogP contribution is 2.38. The lowest BCUT2D eigenvalue weighted by Crippen LogP contribution is -2.50. The molecule has 2 aliphatic rings. The molecule has 0 saturated carbocycles. The summed E-state index contributed by atoms with van der Waals surface area (Å²) in [4.78, 5) is 44.2. The number of alkyl halides is 1. The topological polar surface area (TPSA) is 118 Å². The molecule has 3 heterocycles. The molecule has 0 aromatic carbocycles. The van der Waals surface area contributed by atoms with Gasteiger partial charge in [0, 0.05) is 49.5 Å². The summed E-state index contributed by atoms with van der Waals surface area (Å²) in [7, 11) is -0.951. The number of halogens is 2. The summed E-state index contributed by atoms with van der Waals surface area (Å²) in [6.45, 7) is 5.84. The number of aromatic nitrogens is 2. The van der Waals surface area contributed by atoms with Crippen molar-refractivity contribution in [1.82, 2.24) is 20.4 Å². The Morgan fingerprint density at radius 2 is 2.11 bits per heavy atom. The van der Waals surface area contributed by atoms with Crippen LogP contribution in [-0.2, 0) is 33.8 Å². The van der Waals surface area contributed by atoms with Gasteiger partial charge in [0.05, 0.1) is 26.8 Å². The summed E-state index contributed by atoms with van der Waals surface area (Å²) in [6.07, 6.45) is 2.17. The van der Waals surface area contributed by atoms with E-state index in [2.05, 4.69) is 15.5 Å². The smallest absolute Gasteiger partial charge is 0.280 e. The predicted octanol–water partition coefficient (Wildman–Crippen LogP) is 3.02. The zero-order valence-electron chi connectivity index (χ0n) is 21.2. The Morgan fingerprint density at radius 1 is 1.35 bits per heavy atom. The number of hydrogen-bond acceptors (Lipinski definition) is 6. The van der Waals surface area contributed by atoms with E-state index in [9.17, 15) is 18.8 Å². The maximum atomic E-state index is 15.7. The summed E-state index contributed by atoms with van der Waals surface area (Å²) < 4.78 is 40.4. The highest BCUT2D eigenvalue weighted by Gasteiger charge is 2.45. The monoisotopic (exact) mass is 532 g/mol. The van der Waals surface area contributed by atoms with Crippen LogP contribution in [0.1, 0.15) is 35.2 Å². The van der Waals surface area contributed by atoms with E-state index >= 15 is 4.39 Å². The number of carbonyl (C=O) groups excluding carboxylic acids is 2. The van der Waals surface area contributed by atoms with Gasteiger partial charge >= 0.3 is 0 Å². The van der Waals surface area contributed by atoms with Crippen molar-refractivity contribution < 1.29 is 27.6 Å². The van der Waals surface area contributed by atoms with Crippen molar-refractivity contribution in [2.45, 2.75) is 56.8 Å². The lowest BCUT2D eigenvalue weighted by Gasteiger charge is -2.38. The quantitative estimate of drug-likeness (QED) is 0.530. The molecular formula is C25H30F2N4O5Si. The predicted molar refractivity (Wildman–Crippen MR) is 133 cm³/mol. The molecule has 0 saturated heterocycles. The number of hydrogen-bond donors (Lipinski definition) is 2. The van der Waals surface area contributed by atoms with Crippen LogP contribution >= 0.6 is 0 Å². The maximum Gasteiger partial charge on any atom is 0.280 e. The molecule has 0 fully saturated rings. The van der Waals surface area contributed by atoms with Gasteiger partial charge in [-0.15, -0.1) is 0 Å². The minimum atomic E-state index is -2.50. The summed E-state index contributed by atoms with van der Waals surface area (Å²) in [5, 5.41) is 2.90. The van der Waals surface area contributed by atoms with Crippen LogP contribution < -0.4 is 10.9 Å². The van der Waals surface area contributed by atoms with Gasteiger partial charge in [0.2, 0.25) is 5.91 Å². The van der Waals surface area contributed by atoms with Crippen LogP contribution in [0.25, 0.3) is 0 Å². The lowest BCUT2D eigenvalue weighted by atomic mass is 9.94. The lowest BCUT2D eigenvalue weighted by molar-refractivity contribution is -0.140. The minimum Gasteiger partial charge on any atom is -0.383 e. The van der Waals surface area contributed by atoms with Gasteiger partial charge in [-0.1, -0.05) is 25.7 Å². The Morgan fingerprint density at radius 3 is 2.76 bits per heavy atom. The fourth-order valence-electron chi connectivity index (χ4n) is 4.54. The van der Waals surface area contributed by atoms with Crippen molar-refractivity contribution in [2.24, 2.45) is 0 Å². The van der Waals surface area contributed by atoms with Crippen LogP contribution in [0.5, 0.6) is 0 Å². The molecule has 4 rings (SSSR count). The zero-order valence-corrected chi connectivity index (χ0v) is 22.2. The van der Waals surface area contributed by atoms with Crippen molar-refractivity contribution >= 4 is 19.9 Å². The molecule has 2 atom stereocenters. The van der Waals surface area contributed by atoms with E-state index in [1.807, 2.05) is 0 Å². The Kier molecular flexibility index (Phi) is 7.33. The van der Waals surface area contributed by atoms with E-state index in [0.717, 1.165) is 6.08 Å². The first kappa shape index (κ1) is 26.7. The van der Waals surface area contributed by atoms with Crippen LogP contribution in [0, 0.1) is 0 Å². The number of fused-ring (bicyclic) bond motifs is 1. The van der Waals surface area contributed by atoms with E-state index in [0.29, 0.717) is 23.4 Å². The molecule has 0 bridgehead atoms. The third-order valence-electron chi connectivity index (χ3n) is 6.66. The first-order chi connectivity index (χ1) is 17.4. The molecule has 0 radical (unpaired) electrons. The Hall–Kier alpha value is -3.38. The van der Waals surface area contributed by atoms with Crippen LogP contribution in [0.2, 0.25) is 19.6 Å². The van der Waals surface area contributed by atoms with Crippen molar-refractivity contribution in [1.29, 1.82) is 0 Å². The van der Waals surface area contributed by atoms with E-state index in [4.69, 9.17) is 9.26 Å². The van der Waals surface area contributed by atoms with Gasteiger partial charge < -0.3 is 19.5 Å². The maximum absolute atomic E-state index is 15.7. The number of aromatic amines is 1. The molecule has 9 nitrogen and oxygen atoms in total. The number of pyridine rings is 1. The van der Waals surface area contributed by atoms with E-state index < -0.39 is 42.6 Å². The summed E-state index contributed by atoms with van der Waals surface area (Å²) in [6, 6.07) is 3.48. The van der Waals surface area contributed by atoms with Gasteiger partial charge in [0.1, 0.15) is 22.9 Å². The highest BCUT2D eigenvalue weighted by atomic mass is 28.3. The summed E-state index contributed by atoms with van der Waals surface area (Å²) in [5.74, 6) is -1.60. The van der Waals surface area contributed by atoms with Gasteiger partial charge in [-0.2, -0.15) is 5.16 Å². The zero-order chi connectivity index (χ0) is 27.0. The Bertz CT molecular complexity index is 1330. The molecule has 2 N–H and O–H groups in total. The fourth-order valence-corrected chi connectivity index (χ4v) is 5.83. The van der Waals surface area contributed by atoms with Gasteiger partial charge in [-0.25, -0.2) is 8.78 Å². The van der Waals surface area contributed by atoms with Crippen LogP contribution in [0.4, 0.5) is 8.78 Å². The normalized spacial score (nSPS) is 21.7. The number of nitrogens with zero attached hydrogens (tertiary/aromatic N) is 2.